The summed E-state index contributed by atoms with van der Waals surface area (Å²) in [6.07, 6.45) is 3.04. The number of hydrogen-bond donors (Lipinski definition) is 0. The lowest BCUT2D eigenvalue weighted by molar-refractivity contribution is 0.0187. The van der Waals surface area contributed by atoms with Gasteiger partial charge in [0.1, 0.15) is 23.1 Å². The van der Waals surface area contributed by atoms with Gasteiger partial charge in [0.2, 0.25) is 0 Å². The third kappa shape index (κ3) is 4.65. The third-order valence-electron chi connectivity index (χ3n) is 3.22. The maximum atomic E-state index is 12.2. The molecule has 1 aliphatic heterocycles. The van der Waals surface area contributed by atoms with Gasteiger partial charge in [-0.2, -0.15) is 0 Å². The molecule has 1 aromatic rings. The van der Waals surface area contributed by atoms with Crippen LogP contribution in [0.25, 0.3) is 0 Å². The van der Waals surface area contributed by atoms with Crippen LogP contribution in [0.4, 0.5) is 4.79 Å². The Bertz CT molecular complexity index is 546. The molecule has 2 heterocycles. The average Bonchev–Trinajstić information content (AvgIpc) is 2.87. The van der Waals surface area contributed by atoms with Crippen LogP contribution in [-0.2, 0) is 4.74 Å². The third-order valence-corrected chi connectivity index (χ3v) is 3.90. The molecule has 0 bridgehead atoms. The van der Waals surface area contributed by atoms with E-state index in [2.05, 4.69) is 4.98 Å². The number of carbonyl (C=O) groups is 1. The molecule has 1 fully saturated rings. The first kappa shape index (κ1) is 17.2. The number of nitrogens with zero attached hydrogens (tertiary/aromatic N) is 2. The minimum absolute atomic E-state index is 0.00990. The fourth-order valence-electron chi connectivity index (χ4n) is 2.24. The minimum atomic E-state index is -0.501. The molecule has 0 spiro atoms. The Labute approximate surface area is 140 Å². The summed E-state index contributed by atoms with van der Waals surface area (Å²) < 4.78 is 11.1. The van der Waals surface area contributed by atoms with Crippen LogP contribution in [-0.4, -0.2) is 40.8 Å². The van der Waals surface area contributed by atoms with E-state index in [1.54, 1.807) is 11.0 Å². The van der Waals surface area contributed by atoms with Crippen LogP contribution in [0.3, 0.4) is 0 Å². The molecule has 2 rings (SSSR count). The summed E-state index contributed by atoms with van der Waals surface area (Å²) in [7, 11) is 0. The van der Waals surface area contributed by atoms with Gasteiger partial charge in [-0.05, 0) is 33.6 Å². The number of aromatic nitrogens is 1. The van der Waals surface area contributed by atoms with Gasteiger partial charge in [-0.1, -0.05) is 23.2 Å². The van der Waals surface area contributed by atoms with Gasteiger partial charge in [-0.25, -0.2) is 9.78 Å². The molecule has 22 heavy (non-hydrogen) atoms. The highest BCUT2D eigenvalue weighted by molar-refractivity contribution is 6.41. The quantitative estimate of drug-likeness (QED) is 0.770. The molecule has 7 heteroatoms. The van der Waals surface area contributed by atoms with Crippen molar-refractivity contribution >= 4 is 29.3 Å². The van der Waals surface area contributed by atoms with E-state index in [1.807, 2.05) is 20.8 Å². The summed E-state index contributed by atoms with van der Waals surface area (Å²) in [4.78, 5) is 17.8. The number of rotatable bonds is 3. The standard InChI is InChI=1S/C15H20Cl2N2O3/c1-15(2,3)22-14(20)19-6-4-5-10(19)9-21-11-7-12(16)13(17)18-8-11/h7-8,10H,4-6,9H2,1-3H3/t10-/m1/s1. The van der Waals surface area contributed by atoms with Gasteiger partial charge in [0.15, 0.2) is 0 Å². The second kappa shape index (κ2) is 6.92. The molecule has 1 atom stereocenters. The van der Waals surface area contributed by atoms with Gasteiger partial charge in [0.25, 0.3) is 0 Å². The van der Waals surface area contributed by atoms with Crippen molar-refractivity contribution in [1.82, 2.24) is 9.88 Å². The molecule has 0 radical (unpaired) electrons. The van der Waals surface area contributed by atoms with Crippen LogP contribution in [0.5, 0.6) is 5.75 Å². The first-order valence-corrected chi connectivity index (χ1v) is 7.95. The predicted molar refractivity (Wildman–Crippen MR) is 85.7 cm³/mol. The summed E-state index contributed by atoms with van der Waals surface area (Å²) >= 11 is 11.7. The van der Waals surface area contributed by atoms with Gasteiger partial charge in [0.05, 0.1) is 17.3 Å². The van der Waals surface area contributed by atoms with Gasteiger partial charge in [-0.15, -0.1) is 0 Å². The molecule has 1 aliphatic rings. The smallest absolute Gasteiger partial charge is 0.410 e. The van der Waals surface area contributed by atoms with Crippen molar-refractivity contribution in [2.75, 3.05) is 13.2 Å². The Morgan fingerprint density at radius 2 is 2.18 bits per heavy atom. The highest BCUT2D eigenvalue weighted by Crippen LogP contribution is 2.25. The lowest BCUT2D eigenvalue weighted by Gasteiger charge is -2.28. The van der Waals surface area contributed by atoms with Gasteiger partial charge in [0, 0.05) is 12.6 Å². The molecule has 0 aliphatic carbocycles. The van der Waals surface area contributed by atoms with Crippen LogP contribution in [0.1, 0.15) is 33.6 Å². The van der Waals surface area contributed by atoms with Crippen molar-refractivity contribution in [2.24, 2.45) is 0 Å². The Hall–Kier alpha value is -1.20. The van der Waals surface area contributed by atoms with E-state index >= 15 is 0 Å². The molecule has 1 amide bonds. The maximum absolute atomic E-state index is 12.2. The summed E-state index contributed by atoms with van der Waals surface area (Å²) in [5, 5.41) is 0.583. The van der Waals surface area contributed by atoms with Gasteiger partial charge < -0.3 is 14.4 Å². The Morgan fingerprint density at radius 1 is 1.45 bits per heavy atom. The summed E-state index contributed by atoms with van der Waals surface area (Å²) in [6, 6.07) is 1.60. The fraction of sp³-hybridized carbons (Fsp3) is 0.600. The fourth-order valence-corrected chi connectivity index (χ4v) is 2.50. The molecule has 0 saturated carbocycles. The summed E-state index contributed by atoms with van der Waals surface area (Å²) in [5.74, 6) is 0.533. The van der Waals surface area contributed by atoms with E-state index in [4.69, 9.17) is 32.7 Å². The molecule has 0 aromatic carbocycles. The van der Waals surface area contributed by atoms with Crippen molar-refractivity contribution < 1.29 is 14.3 Å². The van der Waals surface area contributed by atoms with Crippen LogP contribution in [0.15, 0.2) is 12.3 Å². The van der Waals surface area contributed by atoms with E-state index in [0.717, 1.165) is 12.8 Å². The van der Waals surface area contributed by atoms with E-state index in [1.165, 1.54) is 6.20 Å². The van der Waals surface area contributed by atoms with Crippen LogP contribution in [0, 0.1) is 0 Å². The van der Waals surface area contributed by atoms with Crippen LogP contribution < -0.4 is 4.74 Å². The van der Waals surface area contributed by atoms with Crippen molar-refractivity contribution in [2.45, 2.75) is 45.3 Å². The number of ether oxygens (including phenoxy) is 2. The Kier molecular flexibility index (Phi) is 5.40. The van der Waals surface area contributed by atoms with E-state index in [-0.39, 0.29) is 17.3 Å². The molecular formula is C15H20Cl2N2O3. The predicted octanol–water partition coefficient (Wildman–Crippen LogP) is 4.17. The normalized spacial score (nSPS) is 18.4. The highest BCUT2D eigenvalue weighted by atomic mass is 35.5. The molecule has 1 aromatic heterocycles. The number of hydrogen-bond acceptors (Lipinski definition) is 4. The second-order valence-electron chi connectivity index (χ2n) is 6.22. The zero-order chi connectivity index (χ0) is 16.3. The second-order valence-corrected chi connectivity index (χ2v) is 6.99. The van der Waals surface area contributed by atoms with Crippen LogP contribution >= 0.6 is 23.2 Å². The van der Waals surface area contributed by atoms with Crippen molar-refractivity contribution in [3.05, 3.63) is 22.4 Å². The zero-order valence-corrected chi connectivity index (χ0v) is 14.4. The first-order chi connectivity index (χ1) is 10.3. The topological polar surface area (TPSA) is 51.7 Å². The number of pyridine rings is 1. The zero-order valence-electron chi connectivity index (χ0n) is 12.9. The summed E-state index contributed by atoms with van der Waals surface area (Å²) in [5.41, 5.74) is -0.501. The molecule has 1 saturated heterocycles. The number of carbonyl (C=O) groups excluding carboxylic acids is 1. The van der Waals surface area contributed by atoms with E-state index in [0.29, 0.717) is 23.9 Å². The largest absolute Gasteiger partial charge is 0.490 e. The molecule has 0 N–H and O–H groups in total. The lowest BCUT2D eigenvalue weighted by atomic mass is 10.2. The van der Waals surface area contributed by atoms with E-state index in [9.17, 15) is 4.79 Å². The van der Waals surface area contributed by atoms with Crippen molar-refractivity contribution in [1.29, 1.82) is 0 Å². The maximum Gasteiger partial charge on any atom is 0.410 e. The molecule has 5 nitrogen and oxygen atoms in total. The number of amides is 1. The van der Waals surface area contributed by atoms with E-state index < -0.39 is 5.60 Å². The van der Waals surface area contributed by atoms with Crippen LogP contribution in [0.2, 0.25) is 10.2 Å². The molecular weight excluding hydrogens is 327 g/mol. The highest BCUT2D eigenvalue weighted by Gasteiger charge is 2.32. The summed E-state index contributed by atoms with van der Waals surface area (Å²) in [6.45, 7) is 6.62. The number of likely N-dealkylation sites (tertiary alicyclic amines) is 1. The Morgan fingerprint density at radius 3 is 2.82 bits per heavy atom. The van der Waals surface area contributed by atoms with Crippen molar-refractivity contribution in [3.63, 3.8) is 0 Å². The minimum Gasteiger partial charge on any atom is -0.490 e. The monoisotopic (exact) mass is 346 g/mol. The van der Waals surface area contributed by atoms with Crippen molar-refractivity contribution in [3.8, 4) is 5.75 Å². The Balaban J connectivity index is 1.93. The van der Waals surface area contributed by atoms with Gasteiger partial charge in [-0.3, -0.25) is 0 Å². The van der Waals surface area contributed by atoms with Gasteiger partial charge >= 0.3 is 6.09 Å². The molecule has 0 unspecified atom stereocenters. The average molecular weight is 347 g/mol. The molecule has 122 valence electrons. The SMILES string of the molecule is CC(C)(C)OC(=O)N1CCC[C@@H]1COc1cnc(Cl)c(Cl)c1. The lowest BCUT2D eigenvalue weighted by Crippen LogP contribution is -2.42. The number of halogens is 2. The first-order valence-electron chi connectivity index (χ1n) is 7.20.